The molecule has 112 valence electrons. The van der Waals surface area contributed by atoms with Gasteiger partial charge in [-0.15, -0.1) is 0 Å². The van der Waals surface area contributed by atoms with E-state index in [2.05, 4.69) is 65.4 Å². The van der Waals surface area contributed by atoms with Crippen molar-refractivity contribution in [3.8, 4) is 5.75 Å². The smallest absolute Gasteiger partial charge is 0.119 e. The summed E-state index contributed by atoms with van der Waals surface area (Å²) in [5.41, 5.74) is 2.54. The van der Waals surface area contributed by atoms with Crippen LogP contribution in [0.1, 0.15) is 37.4 Å². The van der Waals surface area contributed by atoms with Gasteiger partial charge in [0, 0.05) is 17.1 Å². The second kappa shape index (κ2) is 8.20. The largest absolute Gasteiger partial charge is 0.494 e. The van der Waals surface area contributed by atoms with E-state index in [1.165, 1.54) is 11.1 Å². The van der Waals surface area contributed by atoms with Crippen LogP contribution >= 0.6 is 15.9 Å². The van der Waals surface area contributed by atoms with Crippen LogP contribution in [0.3, 0.4) is 0 Å². The van der Waals surface area contributed by atoms with Crippen LogP contribution in [0.25, 0.3) is 0 Å². The Kier molecular flexibility index (Phi) is 6.27. The van der Waals surface area contributed by atoms with Gasteiger partial charge in [-0.2, -0.15) is 0 Å². The molecule has 1 atom stereocenters. The molecule has 0 bridgehead atoms. The number of halogens is 1. The Morgan fingerprint density at radius 2 is 1.81 bits per heavy atom. The predicted octanol–water partition coefficient (Wildman–Crippen LogP) is 5.09. The molecular weight excluding hydrogens is 326 g/mol. The van der Waals surface area contributed by atoms with Gasteiger partial charge >= 0.3 is 0 Å². The molecule has 0 aromatic heterocycles. The standard InChI is InChI=1S/C18H22BrNO/c1-3-12-21-16-10-8-15(9-11-16)13-20-14(2)17-6-4-5-7-18(17)19/h4-11,14,20H,3,12-13H2,1-2H3. The average molecular weight is 348 g/mol. The Bertz CT molecular complexity index is 553. The number of hydrogen-bond acceptors (Lipinski definition) is 2. The van der Waals surface area contributed by atoms with Crippen LogP contribution in [-0.4, -0.2) is 6.61 Å². The summed E-state index contributed by atoms with van der Waals surface area (Å²) in [7, 11) is 0. The lowest BCUT2D eigenvalue weighted by molar-refractivity contribution is 0.317. The summed E-state index contributed by atoms with van der Waals surface area (Å²) >= 11 is 3.60. The zero-order chi connectivity index (χ0) is 15.1. The maximum atomic E-state index is 5.59. The van der Waals surface area contributed by atoms with E-state index in [4.69, 9.17) is 4.74 Å². The van der Waals surface area contributed by atoms with Crippen LogP contribution in [-0.2, 0) is 6.54 Å². The first-order valence-corrected chi connectivity index (χ1v) is 8.19. The molecule has 1 unspecified atom stereocenters. The van der Waals surface area contributed by atoms with Crippen molar-refractivity contribution in [3.05, 3.63) is 64.1 Å². The highest BCUT2D eigenvalue weighted by Gasteiger charge is 2.07. The normalized spacial score (nSPS) is 12.1. The summed E-state index contributed by atoms with van der Waals surface area (Å²) in [6, 6.07) is 16.9. The first-order valence-electron chi connectivity index (χ1n) is 7.40. The van der Waals surface area contributed by atoms with Crippen molar-refractivity contribution in [2.75, 3.05) is 6.61 Å². The van der Waals surface area contributed by atoms with E-state index in [-0.39, 0.29) is 0 Å². The van der Waals surface area contributed by atoms with Gasteiger partial charge in [-0.25, -0.2) is 0 Å². The second-order valence-corrected chi connectivity index (χ2v) is 5.97. The van der Waals surface area contributed by atoms with Crippen LogP contribution in [0, 0.1) is 0 Å². The van der Waals surface area contributed by atoms with E-state index in [1.54, 1.807) is 0 Å². The van der Waals surface area contributed by atoms with E-state index in [0.717, 1.165) is 29.8 Å². The summed E-state index contributed by atoms with van der Waals surface area (Å²) in [6.07, 6.45) is 1.03. The summed E-state index contributed by atoms with van der Waals surface area (Å²) < 4.78 is 6.74. The highest BCUT2D eigenvalue weighted by Crippen LogP contribution is 2.23. The first kappa shape index (κ1) is 16.1. The van der Waals surface area contributed by atoms with Crippen molar-refractivity contribution in [3.63, 3.8) is 0 Å². The fraction of sp³-hybridized carbons (Fsp3) is 0.333. The van der Waals surface area contributed by atoms with Gasteiger partial charge in [0.05, 0.1) is 6.61 Å². The minimum atomic E-state index is 0.302. The summed E-state index contributed by atoms with van der Waals surface area (Å²) in [5.74, 6) is 0.944. The molecule has 0 saturated carbocycles. The molecule has 0 fully saturated rings. The van der Waals surface area contributed by atoms with Crippen LogP contribution in [0.4, 0.5) is 0 Å². The first-order chi connectivity index (χ1) is 10.2. The highest BCUT2D eigenvalue weighted by atomic mass is 79.9. The van der Waals surface area contributed by atoms with Crippen LogP contribution in [0.15, 0.2) is 53.0 Å². The second-order valence-electron chi connectivity index (χ2n) is 5.12. The third-order valence-corrected chi connectivity index (χ3v) is 4.10. The number of ether oxygens (including phenoxy) is 1. The van der Waals surface area contributed by atoms with Gasteiger partial charge in [0.2, 0.25) is 0 Å². The Morgan fingerprint density at radius 3 is 2.48 bits per heavy atom. The zero-order valence-corrected chi connectivity index (χ0v) is 14.2. The number of benzene rings is 2. The predicted molar refractivity (Wildman–Crippen MR) is 91.6 cm³/mol. The lowest BCUT2D eigenvalue weighted by Crippen LogP contribution is -2.18. The number of rotatable bonds is 7. The molecule has 2 rings (SSSR count). The minimum Gasteiger partial charge on any atom is -0.494 e. The molecule has 0 amide bonds. The van der Waals surface area contributed by atoms with E-state index >= 15 is 0 Å². The molecule has 3 heteroatoms. The molecule has 0 radical (unpaired) electrons. The lowest BCUT2D eigenvalue weighted by Gasteiger charge is -2.16. The van der Waals surface area contributed by atoms with Crippen LogP contribution in [0.2, 0.25) is 0 Å². The number of nitrogens with one attached hydrogen (secondary N) is 1. The number of hydrogen-bond donors (Lipinski definition) is 1. The van der Waals surface area contributed by atoms with Crippen LogP contribution in [0.5, 0.6) is 5.75 Å². The SMILES string of the molecule is CCCOc1ccc(CNC(C)c2ccccc2Br)cc1. The molecule has 0 saturated heterocycles. The summed E-state index contributed by atoms with van der Waals surface area (Å²) in [6.45, 7) is 5.91. The topological polar surface area (TPSA) is 21.3 Å². The monoisotopic (exact) mass is 347 g/mol. The molecule has 2 nitrogen and oxygen atoms in total. The molecule has 0 spiro atoms. The summed E-state index contributed by atoms with van der Waals surface area (Å²) in [4.78, 5) is 0. The summed E-state index contributed by atoms with van der Waals surface area (Å²) in [5, 5.41) is 3.55. The fourth-order valence-corrected chi connectivity index (χ4v) is 2.76. The Balaban J connectivity index is 1.89. The molecule has 1 N–H and O–H groups in total. The van der Waals surface area contributed by atoms with Gasteiger partial charge in [0.15, 0.2) is 0 Å². The van der Waals surface area contributed by atoms with E-state index in [0.29, 0.717) is 6.04 Å². The Labute approximate surface area is 135 Å². The molecule has 0 aliphatic heterocycles. The molecule has 21 heavy (non-hydrogen) atoms. The van der Waals surface area contributed by atoms with Gasteiger partial charge in [0.1, 0.15) is 5.75 Å². The van der Waals surface area contributed by atoms with Gasteiger partial charge < -0.3 is 10.1 Å². The molecule has 2 aromatic carbocycles. The molecule has 0 aliphatic carbocycles. The maximum absolute atomic E-state index is 5.59. The van der Waals surface area contributed by atoms with Crippen molar-refractivity contribution in [2.45, 2.75) is 32.9 Å². The van der Waals surface area contributed by atoms with Gasteiger partial charge in [-0.3, -0.25) is 0 Å². The average Bonchev–Trinajstić information content (AvgIpc) is 2.52. The van der Waals surface area contributed by atoms with E-state index < -0.39 is 0 Å². The molecule has 0 heterocycles. The zero-order valence-electron chi connectivity index (χ0n) is 12.6. The van der Waals surface area contributed by atoms with E-state index in [9.17, 15) is 0 Å². The van der Waals surface area contributed by atoms with E-state index in [1.807, 2.05) is 18.2 Å². The maximum Gasteiger partial charge on any atom is 0.119 e. The lowest BCUT2D eigenvalue weighted by atomic mass is 10.1. The van der Waals surface area contributed by atoms with Gasteiger partial charge in [-0.1, -0.05) is 53.2 Å². The van der Waals surface area contributed by atoms with Crippen molar-refractivity contribution in [1.29, 1.82) is 0 Å². The third-order valence-electron chi connectivity index (χ3n) is 3.38. The Hall–Kier alpha value is -1.32. The Morgan fingerprint density at radius 1 is 1.10 bits per heavy atom. The quantitative estimate of drug-likeness (QED) is 0.753. The molecule has 0 aliphatic rings. The molecule has 2 aromatic rings. The fourth-order valence-electron chi connectivity index (χ4n) is 2.13. The van der Waals surface area contributed by atoms with Crippen molar-refractivity contribution < 1.29 is 4.74 Å². The molecular formula is C18H22BrNO. The van der Waals surface area contributed by atoms with Crippen LogP contribution < -0.4 is 10.1 Å². The minimum absolute atomic E-state index is 0.302. The van der Waals surface area contributed by atoms with Gasteiger partial charge in [-0.05, 0) is 42.7 Å². The van der Waals surface area contributed by atoms with Crippen molar-refractivity contribution in [2.24, 2.45) is 0 Å². The van der Waals surface area contributed by atoms with Gasteiger partial charge in [0.25, 0.3) is 0 Å². The third kappa shape index (κ3) is 4.87. The van der Waals surface area contributed by atoms with Crippen molar-refractivity contribution >= 4 is 15.9 Å². The van der Waals surface area contributed by atoms with Crippen molar-refractivity contribution in [1.82, 2.24) is 5.32 Å². The highest BCUT2D eigenvalue weighted by molar-refractivity contribution is 9.10.